The van der Waals surface area contributed by atoms with Crippen molar-refractivity contribution in [3.05, 3.63) is 35.8 Å². The summed E-state index contributed by atoms with van der Waals surface area (Å²) in [5.41, 5.74) is 3.19. The van der Waals surface area contributed by atoms with Gasteiger partial charge >= 0.3 is 6.18 Å². The summed E-state index contributed by atoms with van der Waals surface area (Å²) in [5, 5.41) is 0. The molecule has 0 saturated carbocycles. The molecular formula is C16H17F3N4O. The van der Waals surface area contributed by atoms with Gasteiger partial charge in [-0.3, -0.25) is 4.98 Å². The lowest BCUT2D eigenvalue weighted by Gasteiger charge is -2.33. The third-order valence-corrected chi connectivity index (χ3v) is 3.86. The van der Waals surface area contributed by atoms with Crippen molar-refractivity contribution in [2.24, 2.45) is 0 Å². The Morgan fingerprint density at radius 1 is 1.17 bits per heavy atom. The fourth-order valence-corrected chi connectivity index (χ4v) is 2.64. The van der Waals surface area contributed by atoms with E-state index < -0.39 is 12.3 Å². The molecule has 3 heterocycles. The maximum atomic E-state index is 12.9. The Hall–Kier alpha value is -2.22. The van der Waals surface area contributed by atoms with E-state index >= 15 is 0 Å². The van der Waals surface area contributed by atoms with E-state index in [1.165, 1.54) is 4.90 Å². The van der Waals surface area contributed by atoms with Gasteiger partial charge in [0.05, 0.1) is 18.8 Å². The van der Waals surface area contributed by atoms with Gasteiger partial charge in [-0.05, 0) is 32.0 Å². The number of anilines is 1. The SMILES string of the molecule is Cc1ccc(-c2ccnc(N3CCO[C@H](C(F)(F)F)C3)n2)c(C)n1. The van der Waals surface area contributed by atoms with Gasteiger partial charge in [0.15, 0.2) is 6.10 Å². The predicted molar refractivity (Wildman–Crippen MR) is 82.7 cm³/mol. The number of hydrogen-bond donors (Lipinski definition) is 0. The molecule has 0 aromatic carbocycles. The first-order chi connectivity index (χ1) is 11.3. The average molecular weight is 338 g/mol. The van der Waals surface area contributed by atoms with Gasteiger partial charge in [0.25, 0.3) is 0 Å². The molecule has 5 nitrogen and oxygen atoms in total. The first-order valence-corrected chi connectivity index (χ1v) is 7.55. The smallest absolute Gasteiger partial charge is 0.365 e. The normalized spacial score (nSPS) is 18.7. The molecule has 0 bridgehead atoms. The topological polar surface area (TPSA) is 51.1 Å². The zero-order valence-corrected chi connectivity index (χ0v) is 13.3. The van der Waals surface area contributed by atoms with E-state index in [4.69, 9.17) is 4.74 Å². The highest BCUT2D eigenvalue weighted by atomic mass is 19.4. The largest absolute Gasteiger partial charge is 0.416 e. The fourth-order valence-electron chi connectivity index (χ4n) is 2.64. The van der Waals surface area contributed by atoms with Crippen LogP contribution in [0.2, 0.25) is 0 Å². The number of ether oxygens (including phenoxy) is 1. The van der Waals surface area contributed by atoms with Gasteiger partial charge in [0.2, 0.25) is 5.95 Å². The zero-order chi connectivity index (χ0) is 17.3. The third kappa shape index (κ3) is 3.48. The first kappa shape index (κ1) is 16.6. The highest BCUT2D eigenvalue weighted by molar-refractivity contribution is 5.62. The lowest BCUT2D eigenvalue weighted by Crippen LogP contribution is -2.49. The summed E-state index contributed by atoms with van der Waals surface area (Å²) in [7, 11) is 0. The molecule has 3 rings (SSSR count). The monoisotopic (exact) mass is 338 g/mol. The van der Waals surface area contributed by atoms with Gasteiger partial charge in [-0.2, -0.15) is 13.2 Å². The minimum atomic E-state index is -4.40. The van der Waals surface area contributed by atoms with Gasteiger partial charge in [0, 0.05) is 29.7 Å². The fraction of sp³-hybridized carbons (Fsp3) is 0.438. The summed E-state index contributed by atoms with van der Waals surface area (Å²) in [6.45, 7) is 3.77. The van der Waals surface area contributed by atoms with E-state index in [1.54, 1.807) is 12.3 Å². The summed E-state index contributed by atoms with van der Waals surface area (Å²) in [5.74, 6) is 0.269. The summed E-state index contributed by atoms with van der Waals surface area (Å²) in [6, 6.07) is 5.50. The highest BCUT2D eigenvalue weighted by Gasteiger charge is 2.43. The number of pyridine rings is 1. The van der Waals surface area contributed by atoms with Crippen LogP contribution in [0.5, 0.6) is 0 Å². The Morgan fingerprint density at radius 3 is 2.67 bits per heavy atom. The summed E-state index contributed by atoms with van der Waals surface area (Å²) in [6.07, 6.45) is -4.66. The van der Waals surface area contributed by atoms with Crippen LogP contribution in [0.1, 0.15) is 11.4 Å². The average Bonchev–Trinajstić information content (AvgIpc) is 2.54. The van der Waals surface area contributed by atoms with Crippen LogP contribution in [0.25, 0.3) is 11.3 Å². The number of aromatic nitrogens is 3. The molecule has 0 aliphatic carbocycles. The summed E-state index contributed by atoms with van der Waals surface area (Å²) < 4.78 is 43.4. The van der Waals surface area contributed by atoms with Crippen molar-refractivity contribution in [3.8, 4) is 11.3 Å². The quantitative estimate of drug-likeness (QED) is 0.843. The number of nitrogens with zero attached hydrogens (tertiary/aromatic N) is 4. The molecule has 0 N–H and O–H groups in total. The van der Waals surface area contributed by atoms with Crippen LogP contribution in [-0.2, 0) is 4.74 Å². The molecule has 1 aliphatic heterocycles. The van der Waals surface area contributed by atoms with E-state index in [0.29, 0.717) is 12.2 Å². The summed E-state index contributed by atoms with van der Waals surface area (Å²) >= 11 is 0. The minimum Gasteiger partial charge on any atom is -0.365 e. The van der Waals surface area contributed by atoms with Crippen molar-refractivity contribution in [3.63, 3.8) is 0 Å². The van der Waals surface area contributed by atoms with Crippen molar-refractivity contribution in [1.82, 2.24) is 15.0 Å². The lowest BCUT2D eigenvalue weighted by atomic mass is 10.1. The molecule has 8 heteroatoms. The van der Waals surface area contributed by atoms with E-state index in [1.807, 2.05) is 26.0 Å². The van der Waals surface area contributed by atoms with Gasteiger partial charge in [-0.25, -0.2) is 9.97 Å². The van der Waals surface area contributed by atoms with E-state index in [2.05, 4.69) is 15.0 Å². The van der Waals surface area contributed by atoms with E-state index in [9.17, 15) is 13.2 Å². The molecule has 1 fully saturated rings. The second kappa shape index (κ2) is 6.35. The Balaban J connectivity index is 1.88. The molecule has 0 spiro atoms. The van der Waals surface area contributed by atoms with Gasteiger partial charge < -0.3 is 9.64 Å². The lowest BCUT2D eigenvalue weighted by molar-refractivity contribution is -0.221. The molecule has 0 unspecified atom stereocenters. The maximum absolute atomic E-state index is 12.9. The van der Waals surface area contributed by atoms with Crippen molar-refractivity contribution in [1.29, 1.82) is 0 Å². The Bertz CT molecular complexity index is 736. The molecule has 1 atom stereocenters. The number of rotatable bonds is 2. The maximum Gasteiger partial charge on any atom is 0.416 e. The molecule has 1 aliphatic rings. The van der Waals surface area contributed by atoms with Crippen LogP contribution < -0.4 is 4.90 Å². The van der Waals surface area contributed by atoms with Gasteiger partial charge in [-0.15, -0.1) is 0 Å². The molecule has 0 radical (unpaired) electrons. The van der Waals surface area contributed by atoms with Crippen LogP contribution >= 0.6 is 0 Å². The number of halogens is 3. The van der Waals surface area contributed by atoms with Gasteiger partial charge in [-0.1, -0.05) is 0 Å². The minimum absolute atomic E-state index is 0.0110. The number of aryl methyl sites for hydroxylation is 2. The third-order valence-electron chi connectivity index (χ3n) is 3.86. The molecule has 24 heavy (non-hydrogen) atoms. The van der Waals surface area contributed by atoms with E-state index in [0.717, 1.165) is 17.0 Å². The number of alkyl halides is 3. The van der Waals surface area contributed by atoms with Crippen LogP contribution in [0.15, 0.2) is 24.4 Å². The molecule has 1 saturated heterocycles. The second-order valence-corrected chi connectivity index (χ2v) is 5.67. The van der Waals surface area contributed by atoms with Gasteiger partial charge in [0.1, 0.15) is 0 Å². The van der Waals surface area contributed by atoms with Crippen LogP contribution in [-0.4, -0.2) is 46.9 Å². The molecular weight excluding hydrogens is 321 g/mol. The van der Waals surface area contributed by atoms with E-state index in [-0.39, 0.29) is 19.1 Å². The number of morpholine rings is 1. The molecule has 128 valence electrons. The zero-order valence-electron chi connectivity index (χ0n) is 13.3. The van der Waals surface area contributed by atoms with Crippen LogP contribution in [0.4, 0.5) is 19.1 Å². The van der Waals surface area contributed by atoms with Crippen molar-refractivity contribution < 1.29 is 17.9 Å². The first-order valence-electron chi connectivity index (χ1n) is 7.55. The summed E-state index contributed by atoms with van der Waals surface area (Å²) in [4.78, 5) is 14.4. The van der Waals surface area contributed by atoms with Crippen molar-refractivity contribution in [2.75, 3.05) is 24.6 Å². The standard InChI is InChI=1S/C16H17F3N4O/c1-10-3-4-12(11(2)21-10)13-5-6-20-15(22-13)23-7-8-24-14(9-23)16(17,18)19/h3-6,14H,7-9H2,1-2H3/t14-/m0/s1. The van der Waals surface area contributed by atoms with Crippen molar-refractivity contribution in [2.45, 2.75) is 26.1 Å². The van der Waals surface area contributed by atoms with Crippen molar-refractivity contribution >= 4 is 5.95 Å². The highest BCUT2D eigenvalue weighted by Crippen LogP contribution is 2.28. The molecule has 0 amide bonds. The Morgan fingerprint density at radius 2 is 1.96 bits per heavy atom. The predicted octanol–water partition coefficient (Wildman–Crippen LogP) is 2.92. The molecule has 2 aromatic rings. The Labute approximate surface area is 137 Å². The van der Waals surface area contributed by atoms with Crippen LogP contribution in [0, 0.1) is 13.8 Å². The number of hydrogen-bond acceptors (Lipinski definition) is 5. The molecule has 2 aromatic heterocycles. The van der Waals surface area contributed by atoms with Crippen LogP contribution in [0.3, 0.4) is 0 Å². The second-order valence-electron chi connectivity index (χ2n) is 5.67. The Kier molecular flexibility index (Phi) is 4.40.